The Hall–Kier alpha value is 0.620. The van der Waals surface area contributed by atoms with Crippen LogP contribution in [0.15, 0.2) is 0 Å². The van der Waals surface area contributed by atoms with Crippen molar-refractivity contribution in [2.24, 2.45) is 5.73 Å². The molecule has 0 saturated carbocycles. The van der Waals surface area contributed by atoms with Crippen LogP contribution in [0.4, 0.5) is 0 Å². The van der Waals surface area contributed by atoms with Crippen LogP contribution >= 0.6 is 17.2 Å². The molecule has 0 bridgehead atoms. The van der Waals surface area contributed by atoms with Crippen LogP contribution in [-0.2, 0) is 23.7 Å². The SMILES string of the molecule is COC(CPCCC(CN)(CCPCC(OC)OC)OC)OC. The highest BCUT2D eigenvalue weighted by atomic mass is 31.1. The van der Waals surface area contributed by atoms with Gasteiger partial charge in [-0.25, -0.2) is 0 Å². The maximum absolute atomic E-state index is 5.99. The maximum atomic E-state index is 5.99. The van der Waals surface area contributed by atoms with Crippen LogP contribution in [-0.4, -0.2) is 84.9 Å². The van der Waals surface area contributed by atoms with E-state index in [0.717, 1.165) is 54.7 Å². The van der Waals surface area contributed by atoms with Crippen LogP contribution in [0.25, 0.3) is 0 Å². The molecule has 0 aliphatic heterocycles. The fourth-order valence-corrected chi connectivity index (χ4v) is 5.03. The summed E-state index contributed by atoms with van der Waals surface area (Å²) in [6, 6.07) is 0. The minimum atomic E-state index is -0.217. The Bertz CT molecular complexity index is 240. The largest absolute Gasteiger partial charge is 0.377 e. The van der Waals surface area contributed by atoms with Crippen molar-refractivity contribution in [2.75, 3.05) is 66.7 Å². The fraction of sp³-hybridized carbons (Fsp3) is 1.00. The van der Waals surface area contributed by atoms with E-state index in [4.69, 9.17) is 29.4 Å². The molecule has 140 valence electrons. The van der Waals surface area contributed by atoms with Gasteiger partial charge in [-0.3, -0.25) is 0 Å². The number of methoxy groups -OCH3 is 5. The molecule has 0 aromatic rings. The van der Waals surface area contributed by atoms with Gasteiger partial charge in [0.25, 0.3) is 0 Å². The quantitative estimate of drug-likeness (QED) is 0.253. The van der Waals surface area contributed by atoms with Gasteiger partial charge in [-0.05, 0) is 25.2 Å². The van der Waals surface area contributed by atoms with Crippen molar-refractivity contribution in [3.05, 3.63) is 0 Å². The van der Waals surface area contributed by atoms with Crippen molar-refractivity contribution in [1.82, 2.24) is 0 Å². The number of rotatable bonds is 16. The Morgan fingerprint density at radius 2 is 1.17 bits per heavy atom. The second-order valence-electron chi connectivity index (χ2n) is 5.30. The minimum absolute atomic E-state index is 0.107. The molecule has 0 aromatic heterocycles. The molecule has 0 radical (unpaired) electrons. The molecule has 0 aliphatic rings. The lowest BCUT2D eigenvalue weighted by atomic mass is 9.97. The highest BCUT2D eigenvalue weighted by molar-refractivity contribution is 7.38. The van der Waals surface area contributed by atoms with Crippen LogP contribution in [0.1, 0.15) is 12.8 Å². The van der Waals surface area contributed by atoms with Gasteiger partial charge in [-0.2, -0.15) is 0 Å². The third-order valence-electron chi connectivity index (χ3n) is 3.99. The van der Waals surface area contributed by atoms with E-state index in [9.17, 15) is 0 Å². The van der Waals surface area contributed by atoms with Crippen molar-refractivity contribution < 1.29 is 23.7 Å². The lowest BCUT2D eigenvalue weighted by molar-refractivity contribution is -0.0848. The Labute approximate surface area is 145 Å². The van der Waals surface area contributed by atoms with E-state index < -0.39 is 0 Å². The summed E-state index contributed by atoms with van der Waals surface area (Å²) in [4.78, 5) is 0. The summed E-state index contributed by atoms with van der Waals surface area (Å²) < 4.78 is 26.6. The highest BCUT2D eigenvalue weighted by Crippen LogP contribution is 2.28. The molecule has 2 N–H and O–H groups in total. The molecule has 23 heavy (non-hydrogen) atoms. The molecule has 2 unspecified atom stereocenters. The van der Waals surface area contributed by atoms with Gasteiger partial charge < -0.3 is 29.4 Å². The second-order valence-corrected chi connectivity index (χ2v) is 8.12. The third-order valence-corrected chi connectivity index (χ3v) is 6.44. The van der Waals surface area contributed by atoms with Crippen molar-refractivity contribution in [2.45, 2.75) is 31.0 Å². The first-order valence-electron chi connectivity index (χ1n) is 7.89. The molecular formula is C15H35NO5P2. The van der Waals surface area contributed by atoms with Crippen molar-refractivity contribution >= 4 is 17.2 Å². The summed E-state index contributed by atoms with van der Waals surface area (Å²) >= 11 is 0. The molecule has 2 atom stereocenters. The number of hydrogen-bond donors (Lipinski definition) is 1. The number of nitrogens with two attached hydrogens (primary N) is 1. The summed E-state index contributed by atoms with van der Waals surface area (Å²) in [5, 5.41) is 0. The topological polar surface area (TPSA) is 72.2 Å². The predicted octanol–water partition coefficient (Wildman–Crippen LogP) is 1.71. The lowest BCUT2D eigenvalue weighted by Gasteiger charge is -2.31. The van der Waals surface area contributed by atoms with Gasteiger partial charge in [0.05, 0.1) is 5.60 Å². The van der Waals surface area contributed by atoms with Crippen molar-refractivity contribution in [3.8, 4) is 0 Å². The standard InChI is InChI=1S/C15H35NO5P2/c1-17-13(18-2)10-22-8-6-15(12-16,21-5)7-9-23-11-14(19-3)20-4/h13-14,22-23H,6-12,16H2,1-5H3. The molecule has 0 aromatic carbocycles. The van der Waals surface area contributed by atoms with Gasteiger partial charge in [-0.1, -0.05) is 0 Å². The molecule has 0 saturated heterocycles. The summed E-state index contributed by atoms with van der Waals surface area (Å²) in [5.74, 6) is 0. The van der Waals surface area contributed by atoms with E-state index >= 15 is 0 Å². The fourth-order valence-electron chi connectivity index (χ4n) is 2.21. The van der Waals surface area contributed by atoms with Gasteiger partial charge in [0, 0.05) is 54.4 Å². The number of ether oxygens (including phenoxy) is 5. The summed E-state index contributed by atoms with van der Waals surface area (Å²) in [6.45, 7) is 0.550. The van der Waals surface area contributed by atoms with Gasteiger partial charge in [-0.15, -0.1) is 17.2 Å². The predicted molar refractivity (Wildman–Crippen MR) is 99.7 cm³/mol. The van der Waals surface area contributed by atoms with Gasteiger partial charge in [0.1, 0.15) is 0 Å². The molecule has 0 rings (SSSR count). The lowest BCUT2D eigenvalue weighted by Crippen LogP contribution is -2.41. The molecule has 0 amide bonds. The monoisotopic (exact) mass is 371 g/mol. The summed E-state index contributed by atoms with van der Waals surface area (Å²) in [7, 11) is 10.0. The van der Waals surface area contributed by atoms with Crippen molar-refractivity contribution in [3.63, 3.8) is 0 Å². The van der Waals surface area contributed by atoms with Gasteiger partial charge in [0.15, 0.2) is 12.6 Å². The Morgan fingerprint density at radius 3 is 1.43 bits per heavy atom. The zero-order valence-electron chi connectivity index (χ0n) is 15.2. The Balaban J connectivity index is 4.09. The minimum Gasteiger partial charge on any atom is -0.377 e. The van der Waals surface area contributed by atoms with E-state index in [2.05, 4.69) is 0 Å². The van der Waals surface area contributed by atoms with Crippen LogP contribution in [0.2, 0.25) is 0 Å². The van der Waals surface area contributed by atoms with E-state index in [1.165, 1.54) is 0 Å². The maximum Gasteiger partial charge on any atom is 0.160 e. The molecule has 0 aliphatic carbocycles. The van der Waals surface area contributed by atoms with E-state index in [1.54, 1.807) is 35.5 Å². The average molecular weight is 371 g/mol. The highest BCUT2D eigenvalue weighted by Gasteiger charge is 2.27. The second kappa shape index (κ2) is 14.9. The van der Waals surface area contributed by atoms with Crippen LogP contribution in [0, 0.1) is 0 Å². The molecule has 0 fully saturated rings. The van der Waals surface area contributed by atoms with E-state index in [0.29, 0.717) is 6.54 Å². The van der Waals surface area contributed by atoms with Crippen LogP contribution < -0.4 is 5.73 Å². The van der Waals surface area contributed by atoms with E-state index in [1.807, 2.05) is 0 Å². The van der Waals surface area contributed by atoms with Crippen LogP contribution in [0.3, 0.4) is 0 Å². The van der Waals surface area contributed by atoms with Gasteiger partial charge in [0.2, 0.25) is 0 Å². The number of hydrogen-bond acceptors (Lipinski definition) is 6. The van der Waals surface area contributed by atoms with Gasteiger partial charge >= 0.3 is 0 Å². The molecular weight excluding hydrogens is 336 g/mol. The van der Waals surface area contributed by atoms with Crippen molar-refractivity contribution in [1.29, 1.82) is 0 Å². The first kappa shape index (κ1) is 23.6. The average Bonchev–Trinajstić information content (AvgIpc) is 2.60. The van der Waals surface area contributed by atoms with E-state index in [-0.39, 0.29) is 18.2 Å². The first-order valence-corrected chi connectivity index (χ1v) is 10.7. The molecule has 6 nitrogen and oxygen atoms in total. The Morgan fingerprint density at radius 1 is 0.783 bits per heavy atom. The third kappa shape index (κ3) is 10.3. The normalized spacial score (nSPS) is 15.7. The Kier molecular flexibility index (Phi) is 15.3. The summed E-state index contributed by atoms with van der Waals surface area (Å²) in [6.07, 6.45) is 5.73. The first-order chi connectivity index (χ1) is 11.1. The zero-order chi connectivity index (χ0) is 17.6. The smallest absolute Gasteiger partial charge is 0.160 e. The molecule has 0 spiro atoms. The summed E-state index contributed by atoms with van der Waals surface area (Å²) in [5.41, 5.74) is 5.77. The van der Waals surface area contributed by atoms with Crippen LogP contribution in [0.5, 0.6) is 0 Å². The molecule has 8 heteroatoms. The molecule has 0 heterocycles. The zero-order valence-corrected chi connectivity index (χ0v) is 17.2.